The molecular formula is C14H18O4. The Labute approximate surface area is 107 Å². The molecule has 0 fully saturated rings. The number of aliphatic hydroxyl groups is 1. The third kappa shape index (κ3) is 4.49. The summed E-state index contributed by atoms with van der Waals surface area (Å²) in [6, 6.07) is 4.96. The van der Waals surface area contributed by atoms with Gasteiger partial charge in [0, 0.05) is 11.6 Å². The lowest BCUT2D eigenvalue weighted by atomic mass is 10.1. The average molecular weight is 250 g/mol. The summed E-state index contributed by atoms with van der Waals surface area (Å²) < 4.78 is 10.8. The summed E-state index contributed by atoms with van der Waals surface area (Å²) in [6.45, 7) is 8.69. The molecule has 0 radical (unpaired) electrons. The number of hydrogen-bond acceptors (Lipinski definition) is 4. The topological polar surface area (TPSA) is 55.8 Å². The Morgan fingerprint density at radius 1 is 1.33 bits per heavy atom. The van der Waals surface area contributed by atoms with Crippen LogP contribution >= 0.6 is 0 Å². The largest absolute Gasteiger partial charge is 0.508 e. The standard InChI is InChI=1S/C14H18O4/c1-9(2)18-14-6-12(11(4)16)5-13(7-14)17-8-10(3)15/h5-7,9,16H,4,8H2,1-3H3. The summed E-state index contributed by atoms with van der Waals surface area (Å²) in [6.07, 6.45) is 0.00728. The molecule has 0 spiro atoms. The number of ketones is 1. The Bertz CT molecular complexity index is 449. The van der Waals surface area contributed by atoms with E-state index in [1.807, 2.05) is 13.8 Å². The molecule has 0 aliphatic carbocycles. The molecule has 0 aliphatic heterocycles. The van der Waals surface area contributed by atoms with Crippen molar-refractivity contribution in [3.63, 3.8) is 0 Å². The monoisotopic (exact) mass is 250 g/mol. The Morgan fingerprint density at radius 2 is 1.94 bits per heavy atom. The van der Waals surface area contributed by atoms with E-state index >= 15 is 0 Å². The summed E-state index contributed by atoms with van der Waals surface area (Å²) in [5.74, 6) is 0.885. The number of rotatable bonds is 6. The molecule has 4 nitrogen and oxygen atoms in total. The molecule has 0 aromatic heterocycles. The Hall–Kier alpha value is -1.97. The average Bonchev–Trinajstić information content (AvgIpc) is 2.25. The second-order valence-electron chi connectivity index (χ2n) is 4.30. The highest BCUT2D eigenvalue weighted by atomic mass is 16.5. The highest BCUT2D eigenvalue weighted by Crippen LogP contribution is 2.26. The van der Waals surface area contributed by atoms with Gasteiger partial charge in [-0.3, -0.25) is 4.79 Å². The van der Waals surface area contributed by atoms with Crippen LogP contribution in [0.4, 0.5) is 0 Å². The van der Waals surface area contributed by atoms with Crippen molar-refractivity contribution in [2.75, 3.05) is 6.61 Å². The number of aliphatic hydroxyl groups excluding tert-OH is 1. The molecule has 0 saturated heterocycles. The molecule has 4 heteroatoms. The van der Waals surface area contributed by atoms with Crippen LogP contribution in [0, 0.1) is 0 Å². The Balaban J connectivity index is 2.97. The van der Waals surface area contributed by atoms with Crippen molar-refractivity contribution in [2.45, 2.75) is 26.9 Å². The maximum absolute atomic E-state index is 10.9. The van der Waals surface area contributed by atoms with Gasteiger partial charge in [-0.25, -0.2) is 0 Å². The summed E-state index contributed by atoms with van der Waals surface area (Å²) in [4.78, 5) is 10.9. The van der Waals surface area contributed by atoms with Gasteiger partial charge in [-0.1, -0.05) is 6.58 Å². The van der Waals surface area contributed by atoms with Crippen molar-refractivity contribution in [2.24, 2.45) is 0 Å². The first-order valence-corrected chi connectivity index (χ1v) is 5.70. The zero-order chi connectivity index (χ0) is 13.7. The molecule has 1 aromatic rings. The van der Waals surface area contributed by atoms with E-state index in [2.05, 4.69) is 6.58 Å². The maximum atomic E-state index is 10.9. The first-order valence-electron chi connectivity index (χ1n) is 5.70. The second-order valence-corrected chi connectivity index (χ2v) is 4.30. The number of Topliss-reactive ketones (excluding diaryl/α,β-unsaturated/α-hetero) is 1. The maximum Gasteiger partial charge on any atom is 0.167 e. The van der Waals surface area contributed by atoms with Gasteiger partial charge in [-0.2, -0.15) is 0 Å². The van der Waals surface area contributed by atoms with Crippen LogP contribution in [0.5, 0.6) is 11.5 Å². The van der Waals surface area contributed by atoms with E-state index in [1.165, 1.54) is 6.92 Å². The minimum Gasteiger partial charge on any atom is -0.508 e. The lowest BCUT2D eigenvalue weighted by Gasteiger charge is -2.13. The van der Waals surface area contributed by atoms with E-state index in [9.17, 15) is 9.90 Å². The molecule has 1 aromatic carbocycles. The van der Waals surface area contributed by atoms with Crippen LogP contribution in [0.2, 0.25) is 0 Å². The van der Waals surface area contributed by atoms with Gasteiger partial charge < -0.3 is 14.6 Å². The smallest absolute Gasteiger partial charge is 0.167 e. The summed E-state index contributed by atoms with van der Waals surface area (Å²) in [5.41, 5.74) is 0.506. The van der Waals surface area contributed by atoms with Crippen molar-refractivity contribution in [1.29, 1.82) is 0 Å². The molecule has 0 unspecified atom stereocenters. The Kier molecular flexibility index (Phi) is 4.77. The lowest BCUT2D eigenvalue weighted by molar-refractivity contribution is -0.118. The molecule has 0 saturated carbocycles. The van der Waals surface area contributed by atoms with Crippen molar-refractivity contribution in [3.8, 4) is 11.5 Å². The number of ether oxygens (including phenoxy) is 2. The summed E-state index contributed by atoms with van der Waals surface area (Å²) >= 11 is 0. The highest BCUT2D eigenvalue weighted by molar-refractivity contribution is 5.77. The predicted octanol–water partition coefficient (Wildman–Crippen LogP) is 2.97. The van der Waals surface area contributed by atoms with Gasteiger partial charge in [0.2, 0.25) is 0 Å². The summed E-state index contributed by atoms with van der Waals surface area (Å²) in [5, 5.41) is 9.41. The quantitative estimate of drug-likeness (QED) is 0.788. The number of hydrogen-bond donors (Lipinski definition) is 1. The normalized spacial score (nSPS) is 10.2. The van der Waals surface area contributed by atoms with Gasteiger partial charge in [-0.15, -0.1) is 0 Å². The molecule has 0 bridgehead atoms. The predicted molar refractivity (Wildman–Crippen MR) is 70.0 cm³/mol. The van der Waals surface area contributed by atoms with Crippen LogP contribution in [0.15, 0.2) is 24.8 Å². The zero-order valence-electron chi connectivity index (χ0n) is 10.9. The van der Waals surface area contributed by atoms with E-state index in [-0.39, 0.29) is 24.3 Å². The molecule has 0 heterocycles. The van der Waals surface area contributed by atoms with Gasteiger partial charge >= 0.3 is 0 Å². The Morgan fingerprint density at radius 3 is 2.44 bits per heavy atom. The highest BCUT2D eigenvalue weighted by Gasteiger charge is 2.07. The molecule has 0 atom stereocenters. The third-order valence-electron chi connectivity index (χ3n) is 2.03. The van der Waals surface area contributed by atoms with Gasteiger partial charge in [-0.05, 0) is 32.9 Å². The van der Waals surface area contributed by atoms with Gasteiger partial charge in [0.1, 0.15) is 23.9 Å². The molecule has 1 rings (SSSR count). The van der Waals surface area contributed by atoms with Crippen LogP contribution < -0.4 is 9.47 Å². The summed E-state index contributed by atoms with van der Waals surface area (Å²) in [7, 11) is 0. The van der Waals surface area contributed by atoms with Crippen LogP contribution in [0.1, 0.15) is 26.3 Å². The fourth-order valence-electron chi connectivity index (χ4n) is 1.35. The number of carbonyl (C=O) groups is 1. The van der Waals surface area contributed by atoms with Crippen LogP contribution in [0.25, 0.3) is 5.76 Å². The first-order chi connectivity index (χ1) is 8.38. The third-order valence-corrected chi connectivity index (χ3v) is 2.03. The number of carbonyl (C=O) groups excluding carboxylic acids is 1. The molecule has 1 N–H and O–H groups in total. The fourth-order valence-corrected chi connectivity index (χ4v) is 1.35. The van der Waals surface area contributed by atoms with Crippen molar-refractivity contribution < 1.29 is 19.4 Å². The molecule has 18 heavy (non-hydrogen) atoms. The molecule has 0 aliphatic rings. The molecule has 98 valence electrons. The van der Waals surface area contributed by atoms with Gasteiger partial charge in [0.25, 0.3) is 0 Å². The molecule has 0 amide bonds. The van der Waals surface area contributed by atoms with E-state index in [1.54, 1.807) is 18.2 Å². The minimum absolute atomic E-state index is 0.00728. The van der Waals surface area contributed by atoms with Gasteiger partial charge in [0.05, 0.1) is 6.10 Å². The fraction of sp³-hybridized carbons (Fsp3) is 0.357. The van der Waals surface area contributed by atoms with E-state index < -0.39 is 0 Å². The van der Waals surface area contributed by atoms with Crippen LogP contribution in [-0.4, -0.2) is 23.6 Å². The van der Waals surface area contributed by atoms with E-state index in [0.717, 1.165) is 0 Å². The lowest BCUT2D eigenvalue weighted by Crippen LogP contribution is -2.08. The first kappa shape index (κ1) is 14.1. The number of benzene rings is 1. The van der Waals surface area contributed by atoms with Crippen LogP contribution in [-0.2, 0) is 4.79 Å². The molecular weight excluding hydrogens is 232 g/mol. The van der Waals surface area contributed by atoms with E-state index in [4.69, 9.17) is 9.47 Å². The zero-order valence-corrected chi connectivity index (χ0v) is 10.9. The van der Waals surface area contributed by atoms with Crippen molar-refractivity contribution in [3.05, 3.63) is 30.3 Å². The van der Waals surface area contributed by atoms with Crippen molar-refractivity contribution >= 4 is 11.5 Å². The van der Waals surface area contributed by atoms with Crippen molar-refractivity contribution in [1.82, 2.24) is 0 Å². The van der Waals surface area contributed by atoms with Crippen LogP contribution in [0.3, 0.4) is 0 Å². The second kappa shape index (κ2) is 6.10. The van der Waals surface area contributed by atoms with Gasteiger partial charge in [0.15, 0.2) is 5.78 Å². The SMILES string of the molecule is C=C(O)c1cc(OCC(C)=O)cc(OC(C)C)c1. The van der Waals surface area contributed by atoms with E-state index in [0.29, 0.717) is 17.1 Å². The minimum atomic E-state index is -0.0745.